The number of amides is 3. The summed E-state index contributed by atoms with van der Waals surface area (Å²) in [5.74, 6) is -0.531. The van der Waals surface area contributed by atoms with E-state index in [1.54, 1.807) is 6.08 Å². The number of benzene rings is 2. The molecule has 4 rings (SSSR count). The van der Waals surface area contributed by atoms with Crippen LogP contribution in [0.15, 0.2) is 70.9 Å². The molecule has 3 amide bonds. The fourth-order valence-corrected chi connectivity index (χ4v) is 4.72. The molecule has 0 spiro atoms. The Hall–Kier alpha value is -3.23. The van der Waals surface area contributed by atoms with Crippen molar-refractivity contribution < 1.29 is 14.4 Å². The Kier molecular flexibility index (Phi) is 6.59. The minimum Gasteiger partial charge on any atom is -0.354 e. The van der Waals surface area contributed by atoms with E-state index in [1.165, 1.54) is 11.3 Å². The lowest BCUT2D eigenvalue weighted by molar-refractivity contribution is -0.124. The van der Waals surface area contributed by atoms with Crippen molar-refractivity contribution >= 4 is 46.2 Å². The molecule has 31 heavy (non-hydrogen) atoms. The van der Waals surface area contributed by atoms with Gasteiger partial charge in [-0.3, -0.25) is 19.3 Å². The first-order chi connectivity index (χ1) is 15.1. The van der Waals surface area contributed by atoms with Gasteiger partial charge in [0.05, 0.1) is 17.0 Å². The van der Waals surface area contributed by atoms with Crippen LogP contribution in [0.1, 0.15) is 11.3 Å². The molecule has 1 aromatic heterocycles. The molecule has 1 aliphatic heterocycles. The zero-order valence-corrected chi connectivity index (χ0v) is 18.1. The highest BCUT2D eigenvalue weighted by Gasteiger charge is 2.34. The molecular formula is C23H19N3O3S2. The highest BCUT2D eigenvalue weighted by atomic mass is 32.2. The van der Waals surface area contributed by atoms with Crippen molar-refractivity contribution in [2.24, 2.45) is 0 Å². The molecule has 6 nitrogen and oxygen atoms in total. The number of hydrogen-bond acceptors (Lipinski definition) is 6. The van der Waals surface area contributed by atoms with Crippen LogP contribution < -0.4 is 5.32 Å². The van der Waals surface area contributed by atoms with Crippen molar-refractivity contribution in [3.8, 4) is 10.6 Å². The topological polar surface area (TPSA) is 79.4 Å². The molecule has 2 aromatic carbocycles. The van der Waals surface area contributed by atoms with Gasteiger partial charge in [0.25, 0.3) is 11.1 Å². The average molecular weight is 450 g/mol. The Labute approximate surface area is 188 Å². The van der Waals surface area contributed by atoms with E-state index in [2.05, 4.69) is 10.3 Å². The molecule has 0 aliphatic carbocycles. The third-order valence-corrected chi connectivity index (χ3v) is 6.39. The summed E-state index contributed by atoms with van der Waals surface area (Å²) in [6, 6.07) is 19.2. The minimum atomic E-state index is -0.333. The van der Waals surface area contributed by atoms with E-state index in [9.17, 15) is 14.4 Å². The molecule has 0 atom stereocenters. The predicted octanol–water partition coefficient (Wildman–Crippen LogP) is 4.21. The van der Waals surface area contributed by atoms with Crippen molar-refractivity contribution in [3.63, 3.8) is 0 Å². The van der Waals surface area contributed by atoms with Gasteiger partial charge in [0.2, 0.25) is 5.91 Å². The summed E-state index contributed by atoms with van der Waals surface area (Å²) in [6.45, 7) is 0.333. The van der Waals surface area contributed by atoms with Crippen molar-refractivity contribution in [2.45, 2.75) is 6.42 Å². The first-order valence-corrected chi connectivity index (χ1v) is 11.4. The highest BCUT2D eigenvalue weighted by molar-refractivity contribution is 8.18. The van der Waals surface area contributed by atoms with Crippen LogP contribution in [0.5, 0.6) is 0 Å². The number of carbonyl (C=O) groups excluding carboxylic acids is 3. The summed E-state index contributed by atoms with van der Waals surface area (Å²) in [7, 11) is 0. The maximum absolute atomic E-state index is 12.5. The molecule has 2 heterocycles. The van der Waals surface area contributed by atoms with Crippen LogP contribution in [0.3, 0.4) is 0 Å². The maximum atomic E-state index is 12.5. The lowest BCUT2D eigenvalue weighted by atomic mass is 10.2. The van der Waals surface area contributed by atoms with Gasteiger partial charge >= 0.3 is 0 Å². The highest BCUT2D eigenvalue weighted by Crippen LogP contribution is 2.31. The number of thiazole rings is 1. The molecule has 1 saturated heterocycles. The number of nitrogens with one attached hydrogen (secondary N) is 1. The Morgan fingerprint density at radius 3 is 2.48 bits per heavy atom. The summed E-state index contributed by atoms with van der Waals surface area (Å²) < 4.78 is 0. The molecule has 8 heteroatoms. The fourth-order valence-electron chi connectivity index (χ4n) is 3.03. The maximum Gasteiger partial charge on any atom is 0.293 e. The van der Waals surface area contributed by atoms with Gasteiger partial charge in [-0.2, -0.15) is 0 Å². The summed E-state index contributed by atoms with van der Waals surface area (Å²) in [5.41, 5.74) is 2.57. The van der Waals surface area contributed by atoms with Crippen LogP contribution in [0.25, 0.3) is 16.6 Å². The van der Waals surface area contributed by atoms with Crippen LogP contribution in [-0.4, -0.2) is 40.0 Å². The summed E-state index contributed by atoms with van der Waals surface area (Å²) in [6.07, 6.45) is 1.86. The van der Waals surface area contributed by atoms with Gasteiger partial charge in [-0.1, -0.05) is 60.7 Å². The normalized spacial score (nSPS) is 15.0. The minimum absolute atomic E-state index is 0.134. The molecule has 156 valence electrons. The van der Waals surface area contributed by atoms with Crippen molar-refractivity contribution in [3.05, 3.63) is 82.2 Å². The SMILES string of the molecule is O=C(Cc1csc(-c2ccccc2)n1)NCCN1C(=O)SC(=Cc2ccccc2)C1=O. The number of imide groups is 1. The first kappa shape index (κ1) is 21.0. The Bertz CT molecular complexity index is 1130. The molecular weight excluding hydrogens is 430 g/mol. The number of carbonyl (C=O) groups is 3. The van der Waals surface area contributed by atoms with Gasteiger partial charge in [0, 0.05) is 24.0 Å². The summed E-state index contributed by atoms with van der Waals surface area (Å²) in [5, 5.41) is 5.17. The zero-order valence-electron chi connectivity index (χ0n) is 16.5. The second kappa shape index (κ2) is 9.72. The van der Waals surface area contributed by atoms with Crippen LogP contribution in [-0.2, 0) is 16.0 Å². The summed E-state index contributed by atoms with van der Waals surface area (Å²) >= 11 is 2.41. The smallest absolute Gasteiger partial charge is 0.293 e. The summed E-state index contributed by atoms with van der Waals surface area (Å²) in [4.78, 5) is 43.0. The van der Waals surface area contributed by atoms with E-state index in [0.29, 0.717) is 10.6 Å². The molecule has 0 unspecified atom stereocenters. The number of aromatic nitrogens is 1. The number of nitrogens with zero attached hydrogens (tertiary/aromatic N) is 2. The molecule has 1 aliphatic rings. The van der Waals surface area contributed by atoms with Crippen LogP contribution in [0, 0.1) is 0 Å². The Morgan fingerprint density at radius 1 is 1.03 bits per heavy atom. The first-order valence-electron chi connectivity index (χ1n) is 9.67. The van der Waals surface area contributed by atoms with E-state index in [1.807, 2.05) is 66.0 Å². The van der Waals surface area contributed by atoms with Gasteiger partial charge < -0.3 is 5.32 Å². The third kappa shape index (κ3) is 5.28. The second-order valence-electron chi connectivity index (χ2n) is 6.78. The van der Waals surface area contributed by atoms with Gasteiger partial charge in [0.1, 0.15) is 5.01 Å². The van der Waals surface area contributed by atoms with Crippen LogP contribution in [0.2, 0.25) is 0 Å². The lowest BCUT2D eigenvalue weighted by Crippen LogP contribution is -2.37. The Morgan fingerprint density at radius 2 is 1.74 bits per heavy atom. The van der Waals surface area contributed by atoms with Gasteiger partial charge in [0.15, 0.2) is 0 Å². The Balaban J connectivity index is 1.28. The molecule has 0 saturated carbocycles. The quantitative estimate of drug-likeness (QED) is 0.547. The monoisotopic (exact) mass is 449 g/mol. The van der Waals surface area contributed by atoms with Crippen molar-refractivity contribution in [2.75, 3.05) is 13.1 Å². The van der Waals surface area contributed by atoms with E-state index >= 15 is 0 Å². The van der Waals surface area contributed by atoms with Gasteiger partial charge in [-0.05, 0) is 23.4 Å². The molecule has 0 radical (unpaired) electrons. The number of rotatable bonds is 7. The van der Waals surface area contributed by atoms with Crippen LogP contribution in [0.4, 0.5) is 4.79 Å². The number of hydrogen-bond donors (Lipinski definition) is 1. The molecule has 0 bridgehead atoms. The lowest BCUT2D eigenvalue weighted by Gasteiger charge is -2.12. The van der Waals surface area contributed by atoms with Crippen LogP contribution >= 0.6 is 23.1 Å². The van der Waals surface area contributed by atoms with Crippen molar-refractivity contribution in [1.82, 2.24) is 15.2 Å². The fraction of sp³-hybridized carbons (Fsp3) is 0.130. The zero-order chi connectivity index (χ0) is 21.6. The third-order valence-electron chi connectivity index (χ3n) is 4.54. The molecule has 1 N–H and O–H groups in total. The second-order valence-corrected chi connectivity index (χ2v) is 8.63. The average Bonchev–Trinajstić information content (AvgIpc) is 3.35. The molecule has 1 fully saturated rings. The molecule has 3 aromatic rings. The largest absolute Gasteiger partial charge is 0.354 e. The van der Waals surface area contributed by atoms with E-state index in [-0.39, 0.29) is 36.6 Å². The van der Waals surface area contributed by atoms with Gasteiger partial charge in [-0.25, -0.2) is 4.98 Å². The predicted molar refractivity (Wildman–Crippen MR) is 123 cm³/mol. The van der Waals surface area contributed by atoms with E-state index < -0.39 is 0 Å². The van der Waals surface area contributed by atoms with Gasteiger partial charge in [-0.15, -0.1) is 11.3 Å². The standard InChI is InChI=1S/C23H19N3O3S2/c27-20(14-18-15-30-21(25-18)17-9-5-2-6-10-17)24-11-12-26-22(28)19(31-23(26)29)13-16-7-3-1-4-8-16/h1-10,13,15H,11-12,14H2,(H,24,27). The van der Waals surface area contributed by atoms with Crippen molar-refractivity contribution in [1.29, 1.82) is 0 Å². The van der Waals surface area contributed by atoms with E-state index in [4.69, 9.17) is 0 Å². The number of thioether (sulfide) groups is 1. The van der Waals surface area contributed by atoms with E-state index in [0.717, 1.165) is 32.8 Å².